The predicted molar refractivity (Wildman–Crippen MR) is 82.0 cm³/mol. The molecule has 18 heavy (non-hydrogen) atoms. The third kappa shape index (κ3) is 3.81. The summed E-state index contributed by atoms with van der Waals surface area (Å²) in [4.78, 5) is 12.1. The van der Waals surface area contributed by atoms with Crippen molar-refractivity contribution in [2.24, 2.45) is 5.73 Å². The minimum absolute atomic E-state index is 0. The SMILES string of the molecule is Cl.NC1(C(=O)Nc2cccc(I)c2)CCOCC1. The summed E-state index contributed by atoms with van der Waals surface area (Å²) in [6.45, 7) is 1.10. The molecule has 4 nitrogen and oxygen atoms in total. The number of nitrogens with two attached hydrogens (primary N) is 1. The summed E-state index contributed by atoms with van der Waals surface area (Å²) in [6.07, 6.45) is 1.14. The van der Waals surface area contributed by atoms with Crippen molar-refractivity contribution in [3.05, 3.63) is 27.8 Å². The molecule has 3 N–H and O–H groups in total. The first-order valence-electron chi connectivity index (χ1n) is 5.54. The van der Waals surface area contributed by atoms with Crippen molar-refractivity contribution in [3.63, 3.8) is 0 Å². The summed E-state index contributed by atoms with van der Waals surface area (Å²) in [6, 6.07) is 7.66. The second-order valence-corrected chi connectivity index (χ2v) is 5.48. The van der Waals surface area contributed by atoms with Gasteiger partial charge in [-0.3, -0.25) is 4.79 Å². The number of hydrogen-bond donors (Lipinski definition) is 2. The van der Waals surface area contributed by atoms with E-state index in [4.69, 9.17) is 10.5 Å². The normalized spacial score (nSPS) is 17.7. The number of hydrogen-bond acceptors (Lipinski definition) is 3. The first kappa shape index (κ1) is 15.7. The van der Waals surface area contributed by atoms with Gasteiger partial charge in [-0.05, 0) is 53.6 Å². The Morgan fingerprint density at radius 1 is 1.39 bits per heavy atom. The molecule has 0 aliphatic carbocycles. The van der Waals surface area contributed by atoms with Crippen molar-refractivity contribution < 1.29 is 9.53 Å². The number of rotatable bonds is 2. The second kappa shape index (κ2) is 6.70. The lowest BCUT2D eigenvalue weighted by Crippen LogP contribution is -2.54. The van der Waals surface area contributed by atoms with Gasteiger partial charge in [-0.25, -0.2) is 0 Å². The molecule has 1 aromatic rings. The molecule has 0 saturated carbocycles. The number of amides is 1. The molecule has 1 aromatic carbocycles. The number of halogens is 2. The van der Waals surface area contributed by atoms with Gasteiger partial charge in [-0.2, -0.15) is 0 Å². The minimum Gasteiger partial charge on any atom is -0.381 e. The first-order chi connectivity index (χ1) is 8.10. The standard InChI is InChI=1S/C12H15IN2O2.ClH/c13-9-2-1-3-10(8-9)15-11(16)12(14)4-6-17-7-5-12;/h1-3,8H,4-7,14H2,(H,15,16);1H. The van der Waals surface area contributed by atoms with Crippen molar-refractivity contribution in [3.8, 4) is 0 Å². The van der Waals surface area contributed by atoms with Crippen LogP contribution >= 0.6 is 35.0 Å². The van der Waals surface area contributed by atoms with E-state index in [1.165, 1.54) is 0 Å². The number of benzene rings is 1. The molecule has 0 atom stereocenters. The highest BCUT2D eigenvalue weighted by molar-refractivity contribution is 14.1. The van der Waals surface area contributed by atoms with Crippen LogP contribution in [0.1, 0.15) is 12.8 Å². The fourth-order valence-electron chi connectivity index (χ4n) is 1.78. The zero-order valence-electron chi connectivity index (χ0n) is 9.82. The van der Waals surface area contributed by atoms with Crippen molar-refractivity contribution in [1.29, 1.82) is 0 Å². The molecule has 0 aromatic heterocycles. The predicted octanol–water partition coefficient (Wildman–Crippen LogP) is 2.16. The maximum atomic E-state index is 12.1. The molecular weight excluding hydrogens is 367 g/mol. The summed E-state index contributed by atoms with van der Waals surface area (Å²) in [5.41, 5.74) is 6.09. The van der Waals surface area contributed by atoms with Gasteiger partial charge in [0.25, 0.3) is 0 Å². The van der Waals surface area contributed by atoms with Crippen LogP contribution in [0.4, 0.5) is 5.69 Å². The number of anilines is 1. The van der Waals surface area contributed by atoms with E-state index >= 15 is 0 Å². The fourth-order valence-corrected chi connectivity index (χ4v) is 2.33. The van der Waals surface area contributed by atoms with E-state index in [0.717, 1.165) is 9.26 Å². The Bertz CT molecular complexity index is 422. The topological polar surface area (TPSA) is 64.4 Å². The lowest BCUT2D eigenvalue weighted by molar-refractivity contribution is -0.124. The van der Waals surface area contributed by atoms with Crippen LogP contribution in [0.2, 0.25) is 0 Å². The van der Waals surface area contributed by atoms with Crippen molar-refractivity contribution in [2.75, 3.05) is 18.5 Å². The molecule has 1 aliphatic rings. The fraction of sp³-hybridized carbons (Fsp3) is 0.417. The number of carbonyl (C=O) groups is 1. The van der Waals surface area contributed by atoms with Gasteiger partial charge in [0.2, 0.25) is 5.91 Å². The molecular formula is C12H16ClIN2O2. The van der Waals surface area contributed by atoms with E-state index < -0.39 is 5.54 Å². The molecule has 100 valence electrons. The van der Waals surface area contributed by atoms with Crippen molar-refractivity contribution in [1.82, 2.24) is 0 Å². The summed E-state index contributed by atoms with van der Waals surface area (Å²) in [7, 11) is 0. The Morgan fingerprint density at radius 3 is 2.67 bits per heavy atom. The van der Waals surface area contributed by atoms with Crippen LogP contribution < -0.4 is 11.1 Å². The smallest absolute Gasteiger partial charge is 0.244 e. The summed E-state index contributed by atoms with van der Waals surface area (Å²) < 4.78 is 6.31. The average molecular weight is 383 g/mol. The van der Waals surface area contributed by atoms with Crippen LogP contribution in [0, 0.1) is 3.57 Å². The van der Waals surface area contributed by atoms with E-state index in [2.05, 4.69) is 27.9 Å². The Morgan fingerprint density at radius 2 is 2.06 bits per heavy atom. The largest absolute Gasteiger partial charge is 0.381 e. The molecule has 1 fully saturated rings. The van der Waals surface area contributed by atoms with Gasteiger partial charge < -0.3 is 15.8 Å². The molecule has 6 heteroatoms. The lowest BCUT2D eigenvalue weighted by atomic mass is 9.90. The van der Waals surface area contributed by atoms with Gasteiger partial charge in [-0.1, -0.05) is 6.07 Å². The Kier molecular flexibility index (Phi) is 5.84. The third-order valence-corrected chi connectivity index (χ3v) is 3.59. The quantitative estimate of drug-likeness (QED) is 0.771. The van der Waals surface area contributed by atoms with Crippen LogP contribution in [0.15, 0.2) is 24.3 Å². The van der Waals surface area contributed by atoms with Crippen LogP contribution in [0.25, 0.3) is 0 Å². The Labute approximate surface area is 126 Å². The average Bonchev–Trinajstić information content (AvgIpc) is 2.30. The number of ether oxygens (including phenoxy) is 1. The van der Waals surface area contributed by atoms with Gasteiger partial charge in [0, 0.05) is 22.5 Å². The van der Waals surface area contributed by atoms with Crippen LogP contribution in [-0.4, -0.2) is 24.7 Å². The Balaban J connectivity index is 0.00000162. The van der Waals surface area contributed by atoms with E-state index in [-0.39, 0.29) is 18.3 Å². The molecule has 1 saturated heterocycles. The summed E-state index contributed by atoms with van der Waals surface area (Å²) in [5, 5.41) is 2.87. The van der Waals surface area contributed by atoms with Crippen molar-refractivity contribution >= 4 is 46.6 Å². The van der Waals surface area contributed by atoms with Gasteiger partial charge in [0.15, 0.2) is 0 Å². The zero-order valence-corrected chi connectivity index (χ0v) is 12.8. The van der Waals surface area contributed by atoms with Crippen LogP contribution in [0.5, 0.6) is 0 Å². The molecule has 1 heterocycles. The maximum absolute atomic E-state index is 12.1. The molecule has 0 unspecified atom stereocenters. The van der Waals surface area contributed by atoms with Gasteiger partial charge >= 0.3 is 0 Å². The summed E-state index contributed by atoms with van der Waals surface area (Å²) >= 11 is 2.21. The highest BCUT2D eigenvalue weighted by Gasteiger charge is 2.35. The summed E-state index contributed by atoms with van der Waals surface area (Å²) in [5.74, 6) is -0.122. The van der Waals surface area contributed by atoms with E-state index in [1.807, 2.05) is 24.3 Å². The zero-order chi connectivity index (χ0) is 12.3. The Hall–Kier alpha value is -0.370. The van der Waals surface area contributed by atoms with Crippen LogP contribution in [0.3, 0.4) is 0 Å². The minimum atomic E-state index is -0.792. The molecule has 1 aliphatic heterocycles. The molecule has 1 amide bonds. The van der Waals surface area contributed by atoms with E-state index in [0.29, 0.717) is 26.1 Å². The number of carbonyl (C=O) groups excluding carboxylic acids is 1. The monoisotopic (exact) mass is 382 g/mol. The lowest BCUT2D eigenvalue weighted by Gasteiger charge is -2.31. The first-order valence-corrected chi connectivity index (χ1v) is 6.62. The molecule has 0 spiro atoms. The third-order valence-electron chi connectivity index (χ3n) is 2.92. The van der Waals surface area contributed by atoms with Crippen LogP contribution in [-0.2, 0) is 9.53 Å². The second-order valence-electron chi connectivity index (χ2n) is 4.23. The molecule has 2 rings (SSSR count). The molecule has 0 radical (unpaired) electrons. The maximum Gasteiger partial charge on any atom is 0.244 e. The van der Waals surface area contributed by atoms with Gasteiger partial charge in [0.1, 0.15) is 5.54 Å². The number of nitrogens with one attached hydrogen (secondary N) is 1. The van der Waals surface area contributed by atoms with Gasteiger partial charge in [-0.15, -0.1) is 12.4 Å². The van der Waals surface area contributed by atoms with Gasteiger partial charge in [0.05, 0.1) is 0 Å². The highest BCUT2D eigenvalue weighted by atomic mass is 127. The van der Waals surface area contributed by atoms with Crippen molar-refractivity contribution in [2.45, 2.75) is 18.4 Å². The van der Waals surface area contributed by atoms with E-state index in [1.54, 1.807) is 0 Å². The van der Waals surface area contributed by atoms with E-state index in [9.17, 15) is 4.79 Å². The highest BCUT2D eigenvalue weighted by Crippen LogP contribution is 2.20. The molecule has 0 bridgehead atoms.